The second kappa shape index (κ2) is 7.69. The van der Waals surface area contributed by atoms with Crippen LogP contribution in [0.2, 0.25) is 0 Å². The van der Waals surface area contributed by atoms with Gasteiger partial charge < -0.3 is 24.5 Å². The molecule has 4 rings (SSSR count). The van der Waals surface area contributed by atoms with Crippen molar-refractivity contribution >= 4 is 23.0 Å². The summed E-state index contributed by atoms with van der Waals surface area (Å²) < 4.78 is 10.8. The predicted molar refractivity (Wildman–Crippen MR) is 101 cm³/mol. The zero-order valence-corrected chi connectivity index (χ0v) is 15.0. The third-order valence-corrected chi connectivity index (χ3v) is 4.67. The second-order valence-corrected chi connectivity index (χ2v) is 6.54. The monoisotopic (exact) mass is 381 g/mol. The third-order valence-electron chi connectivity index (χ3n) is 4.67. The van der Waals surface area contributed by atoms with Gasteiger partial charge in [0.2, 0.25) is 0 Å². The Morgan fingerprint density at radius 2 is 2.00 bits per heavy atom. The Labute approximate surface area is 160 Å². The van der Waals surface area contributed by atoms with Crippen LogP contribution >= 0.6 is 0 Å². The Bertz CT molecular complexity index is 999. The van der Waals surface area contributed by atoms with Crippen molar-refractivity contribution in [2.24, 2.45) is 0 Å². The maximum Gasteiger partial charge on any atom is 0.407 e. The van der Waals surface area contributed by atoms with Gasteiger partial charge in [0.25, 0.3) is 5.91 Å². The van der Waals surface area contributed by atoms with Crippen LogP contribution in [0.5, 0.6) is 0 Å². The van der Waals surface area contributed by atoms with E-state index in [4.69, 9.17) is 9.15 Å². The molecule has 1 aliphatic heterocycles. The summed E-state index contributed by atoms with van der Waals surface area (Å²) in [5, 5.41) is 12.9. The van der Waals surface area contributed by atoms with E-state index in [1.807, 2.05) is 18.2 Å². The van der Waals surface area contributed by atoms with Crippen LogP contribution in [0.25, 0.3) is 22.2 Å². The van der Waals surface area contributed by atoms with Crippen molar-refractivity contribution < 1.29 is 23.8 Å². The van der Waals surface area contributed by atoms with Crippen LogP contribution in [-0.2, 0) is 4.74 Å². The molecule has 8 nitrogen and oxygen atoms in total. The van der Waals surface area contributed by atoms with E-state index in [-0.39, 0.29) is 19.1 Å². The summed E-state index contributed by atoms with van der Waals surface area (Å²) in [6.07, 6.45) is 2.28. The zero-order chi connectivity index (χ0) is 19.5. The van der Waals surface area contributed by atoms with Gasteiger partial charge in [-0.25, -0.2) is 4.79 Å². The highest BCUT2D eigenvalue weighted by Crippen LogP contribution is 2.27. The lowest BCUT2D eigenvalue weighted by Gasteiger charge is -2.21. The number of rotatable bonds is 3. The summed E-state index contributed by atoms with van der Waals surface area (Å²) in [6, 6.07) is 10.4. The van der Waals surface area contributed by atoms with Crippen LogP contribution in [0.1, 0.15) is 10.4 Å². The number of hydrogen-bond donors (Lipinski definition) is 2. The van der Waals surface area contributed by atoms with E-state index in [9.17, 15) is 14.7 Å². The van der Waals surface area contributed by atoms with Gasteiger partial charge in [0, 0.05) is 35.8 Å². The lowest BCUT2D eigenvalue weighted by atomic mass is 10.1. The van der Waals surface area contributed by atoms with Gasteiger partial charge >= 0.3 is 6.09 Å². The number of amides is 2. The Kier molecular flexibility index (Phi) is 4.94. The van der Waals surface area contributed by atoms with Gasteiger partial charge in [-0.05, 0) is 24.3 Å². The van der Waals surface area contributed by atoms with Crippen molar-refractivity contribution in [1.29, 1.82) is 0 Å². The molecule has 3 aromatic rings. The molecule has 1 atom stereocenters. The summed E-state index contributed by atoms with van der Waals surface area (Å²) in [5.74, 6) is -0.276. The number of carbonyl (C=O) groups excluding carboxylic acids is 1. The molecule has 144 valence electrons. The molecule has 2 amide bonds. The maximum atomic E-state index is 12.6. The SMILES string of the molecule is O=C(N[C@@H]1COCCN(C(=O)O)C1)c1ccc(-c2nccc3occc23)cc1. The average molecular weight is 381 g/mol. The largest absolute Gasteiger partial charge is 0.465 e. The van der Waals surface area contributed by atoms with E-state index in [2.05, 4.69) is 10.3 Å². The Morgan fingerprint density at radius 1 is 1.18 bits per heavy atom. The van der Waals surface area contributed by atoms with Crippen molar-refractivity contribution in [3.05, 3.63) is 54.4 Å². The average Bonchev–Trinajstić information content (AvgIpc) is 3.06. The number of nitrogens with zero attached hydrogens (tertiary/aromatic N) is 2. The smallest absolute Gasteiger partial charge is 0.407 e. The molecule has 28 heavy (non-hydrogen) atoms. The van der Waals surface area contributed by atoms with Crippen LogP contribution in [0.15, 0.2) is 53.3 Å². The number of nitrogens with one attached hydrogen (secondary N) is 1. The predicted octanol–water partition coefficient (Wildman–Crippen LogP) is 2.60. The molecule has 8 heteroatoms. The molecule has 1 aliphatic rings. The van der Waals surface area contributed by atoms with Crippen LogP contribution in [0.4, 0.5) is 4.79 Å². The van der Waals surface area contributed by atoms with Crippen molar-refractivity contribution in [2.75, 3.05) is 26.3 Å². The lowest BCUT2D eigenvalue weighted by molar-refractivity contribution is 0.0882. The molecule has 2 N–H and O–H groups in total. The van der Waals surface area contributed by atoms with Gasteiger partial charge in [-0.15, -0.1) is 0 Å². The van der Waals surface area contributed by atoms with Gasteiger partial charge in [-0.1, -0.05) is 12.1 Å². The number of furan rings is 1. The topological polar surface area (TPSA) is 105 Å². The quantitative estimate of drug-likeness (QED) is 0.723. The normalized spacial score (nSPS) is 17.3. The fraction of sp³-hybridized carbons (Fsp3) is 0.250. The number of benzene rings is 1. The minimum Gasteiger partial charge on any atom is -0.465 e. The van der Waals surface area contributed by atoms with Crippen LogP contribution in [0, 0.1) is 0 Å². The number of ether oxygens (including phenoxy) is 1. The highest BCUT2D eigenvalue weighted by atomic mass is 16.5. The zero-order valence-electron chi connectivity index (χ0n) is 15.0. The first-order valence-corrected chi connectivity index (χ1v) is 8.91. The number of fused-ring (bicyclic) bond motifs is 1. The fourth-order valence-electron chi connectivity index (χ4n) is 3.24. The molecule has 1 fully saturated rings. The van der Waals surface area contributed by atoms with Crippen LogP contribution in [0.3, 0.4) is 0 Å². The van der Waals surface area contributed by atoms with Gasteiger partial charge in [0.1, 0.15) is 5.58 Å². The summed E-state index contributed by atoms with van der Waals surface area (Å²) in [4.78, 5) is 29.4. The van der Waals surface area contributed by atoms with Crippen LogP contribution < -0.4 is 5.32 Å². The molecule has 0 unspecified atom stereocenters. The molecular formula is C20H19N3O5. The van der Waals surface area contributed by atoms with Crippen molar-refractivity contribution in [3.63, 3.8) is 0 Å². The van der Waals surface area contributed by atoms with Gasteiger partial charge in [-0.2, -0.15) is 0 Å². The Hall–Kier alpha value is -3.39. The van der Waals surface area contributed by atoms with Gasteiger partial charge in [0.05, 0.1) is 31.2 Å². The molecule has 1 aromatic carbocycles. The molecule has 0 bridgehead atoms. The lowest BCUT2D eigenvalue weighted by Crippen LogP contribution is -2.46. The highest BCUT2D eigenvalue weighted by Gasteiger charge is 2.23. The van der Waals surface area contributed by atoms with Crippen LogP contribution in [-0.4, -0.2) is 59.3 Å². The first kappa shape index (κ1) is 18.0. The summed E-state index contributed by atoms with van der Waals surface area (Å²) in [7, 11) is 0. The third kappa shape index (κ3) is 3.67. The van der Waals surface area contributed by atoms with E-state index >= 15 is 0 Å². The number of carboxylic acid groups (broad SMARTS) is 1. The summed E-state index contributed by atoms with van der Waals surface area (Å²) in [6.45, 7) is 1.09. The molecule has 0 spiro atoms. The number of aromatic nitrogens is 1. The van der Waals surface area contributed by atoms with E-state index in [1.54, 1.807) is 30.7 Å². The summed E-state index contributed by atoms with van der Waals surface area (Å²) in [5.41, 5.74) is 2.89. The van der Waals surface area contributed by atoms with E-state index < -0.39 is 12.1 Å². The Balaban J connectivity index is 1.48. The van der Waals surface area contributed by atoms with Crippen molar-refractivity contribution in [2.45, 2.75) is 6.04 Å². The fourth-order valence-corrected chi connectivity index (χ4v) is 3.24. The van der Waals surface area contributed by atoms with Gasteiger partial charge in [-0.3, -0.25) is 9.78 Å². The molecular weight excluding hydrogens is 362 g/mol. The van der Waals surface area contributed by atoms with E-state index in [0.29, 0.717) is 18.7 Å². The maximum absolute atomic E-state index is 12.6. The highest BCUT2D eigenvalue weighted by molar-refractivity contribution is 5.96. The van der Waals surface area contributed by atoms with E-state index in [1.165, 1.54) is 4.90 Å². The summed E-state index contributed by atoms with van der Waals surface area (Å²) >= 11 is 0. The number of hydrogen-bond acceptors (Lipinski definition) is 5. The minimum atomic E-state index is -1.02. The minimum absolute atomic E-state index is 0.200. The van der Waals surface area contributed by atoms with Crippen molar-refractivity contribution in [3.8, 4) is 11.3 Å². The molecule has 0 saturated carbocycles. The first-order valence-electron chi connectivity index (χ1n) is 8.91. The number of carbonyl (C=O) groups is 2. The Morgan fingerprint density at radius 3 is 2.79 bits per heavy atom. The molecule has 2 aromatic heterocycles. The standard InChI is InChI=1S/C20H19N3O5/c24-19(22-15-11-23(20(25)26)8-10-27-12-15)14-3-1-13(2-4-14)18-16-6-9-28-17(16)5-7-21-18/h1-7,9,15H,8,10-12H2,(H,22,24)(H,25,26)/t15-/m0/s1. The second-order valence-electron chi connectivity index (χ2n) is 6.54. The number of pyridine rings is 1. The van der Waals surface area contributed by atoms with E-state index in [0.717, 1.165) is 22.2 Å². The molecule has 1 saturated heterocycles. The first-order chi connectivity index (χ1) is 13.6. The molecule has 0 aliphatic carbocycles. The molecule has 0 radical (unpaired) electrons. The van der Waals surface area contributed by atoms with Crippen molar-refractivity contribution in [1.82, 2.24) is 15.2 Å². The van der Waals surface area contributed by atoms with Gasteiger partial charge in [0.15, 0.2) is 0 Å². The molecule has 3 heterocycles.